The first-order valence-electron chi connectivity index (χ1n) is 8.97. The number of pyridine rings is 1. The van der Waals surface area contributed by atoms with Crippen LogP contribution < -0.4 is 5.56 Å². The van der Waals surface area contributed by atoms with Crippen molar-refractivity contribution in [1.82, 2.24) is 14.7 Å². The van der Waals surface area contributed by atoms with Gasteiger partial charge in [0.1, 0.15) is 11.3 Å². The van der Waals surface area contributed by atoms with Crippen LogP contribution in [-0.2, 0) is 6.54 Å². The maximum Gasteiger partial charge on any atom is 0.267 e. The van der Waals surface area contributed by atoms with E-state index in [1.807, 2.05) is 55.6 Å². The van der Waals surface area contributed by atoms with Gasteiger partial charge in [0.2, 0.25) is 5.82 Å². The highest BCUT2D eigenvalue weighted by molar-refractivity contribution is 7.98. The number of fused-ring (bicyclic) bond motifs is 1. The topological polar surface area (TPSA) is 81.2 Å². The third-order valence-electron chi connectivity index (χ3n) is 4.58. The third kappa shape index (κ3) is 3.07. The molecule has 7 heteroatoms. The van der Waals surface area contributed by atoms with Gasteiger partial charge in [-0.25, -0.2) is 0 Å². The van der Waals surface area contributed by atoms with Crippen LogP contribution in [0, 0.1) is 0 Å². The lowest BCUT2D eigenvalue weighted by molar-refractivity contribution is 0.425. The predicted octanol–water partition coefficient (Wildman–Crippen LogP) is 4.56. The molecule has 0 aliphatic rings. The molecule has 0 aliphatic carbocycles. The van der Waals surface area contributed by atoms with Crippen molar-refractivity contribution >= 4 is 22.7 Å². The Morgan fingerprint density at radius 3 is 2.61 bits per heavy atom. The lowest BCUT2D eigenvalue weighted by atomic mass is 10.1. The average Bonchev–Trinajstić information content (AvgIpc) is 3.21. The van der Waals surface area contributed by atoms with Gasteiger partial charge in [0, 0.05) is 22.4 Å². The lowest BCUT2D eigenvalue weighted by Gasteiger charge is -2.12. The summed E-state index contributed by atoms with van der Waals surface area (Å²) in [5.41, 5.74) is 1.16. The zero-order chi connectivity index (χ0) is 19.7. The lowest BCUT2D eigenvalue weighted by Crippen LogP contribution is -2.22. The molecule has 0 unspecified atom stereocenters. The van der Waals surface area contributed by atoms with Gasteiger partial charge >= 0.3 is 0 Å². The van der Waals surface area contributed by atoms with Crippen molar-refractivity contribution in [2.45, 2.75) is 24.8 Å². The monoisotopic (exact) mass is 393 g/mol. The normalized spacial score (nSPS) is 11.2. The maximum atomic E-state index is 13.1. The number of thioether (sulfide) groups is 1. The quantitative estimate of drug-likeness (QED) is 0.501. The summed E-state index contributed by atoms with van der Waals surface area (Å²) in [5, 5.41) is 15.4. The minimum Gasteiger partial charge on any atom is -0.506 e. The van der Waals surface area contributed by atoms with Crippen molar-refractivity contribution in [1.29, 1.82) is 0 Å². The number of hydrogen-bond acceptors (Lipinski definition) is 6. The van der Waals surface area contributed by atoms with E-state index in [-0.39, 0.29) is 22.8 Å². The number of aromatic hydroxyl groups is 1. The zero-order valence-corrected chi connectivity index (χ0v) is 16.4. The molecule has 0 bridgehead atoms. The highest BCUT2D eigenvalue weighted by atomic mass is 32.2. The predicted molar refractivity (Wildman–Crippen MR) is 111 cm³/mol. The fraction of sp³-hybridized carbons (Fsp3) is 0.190. The third-order valence-corrected chi connectivity index (χ3v) is 5.32. The second kappa shape index (κ2) is 7.52. The highest BCUT2D eigenvalue weighted by Gasteiger charge is 2.22. The van der Waals surface area contributed by atoms with E-state index in [9.17, 15) is 9.90 Å². The molecule has 0 amide bonds. The van der Waals surface area contributed by atoms with E-state index < -0.39 is 0 Å². The Kier molecular flexibility index (Phi) is 4.92. The first-order chi connectivity index (χ1) is 13.6. The van der Waals surface area contributed by atoms with E-state index in [2.05, 4.69) is 10.1 Å². The van der Waals surface area contributed by atoms with E-state index in [0.29, 0.717) is 23.3 Å². The van der Waals surface area contributed by atoms with Crippen molar-refractivity contribution in [3.63, 3.8) is 0 Å². The maximum absolute atomic E-state index is 13.1. The van der Waals surface area contributed by atoms with E-state index in [0.717, 1.165) is 16.9 Å². The minimum absolute atomic E-state index is 0.0158. The number of nitrogens with zero attached hydrogens (tertiary/aromatic N) is 3. The summed E-state index contributed by atoms with van der Waals surface area (Å²) in [6.45, 7) is 2.53. The SMILES string of the molecule is CCCn1c(=O)c(-c2nc(-c3ccc(SC)cc3)no2)c(O)c2ccccc21. The Morgan fingerprint density at radius 2 is 1.89 bits per heavy atom. The first-order valence-corrected chi connectivity index (χ1v) is 10.2. The molecule has 0 atom stereocenters. The van der Waals surface area contributed by atoms with Crippen LogP contribution in [0.15, 0.2) is 62.7 Å². The molecule has 0 saturated heterocycles. The first kappa shape index (κ1) is 18.3. The van der Waals surface area contributed by atoms with Crippen LogP contribution in [0.4, 0.5) is 0 Å². The van der Waals surface area contributed by atoms with Crippen LogP contribution in [0.3, 0.4) is 0 Å². The number of para-hydroxylation sites is 1. The molecule has 2 aromatic heterocycles. The van der Waals surface area contributed by atoms with Crippen LogP contribution >= 0.6 is 11.8 Å². The summed E-state index contributed by atoms with van der Waals surface area (Å²) in [4.78, 5) is 18.6. The summed E-state index contributed by atoms with van der Waals surface area (Å²) >= 11 is 1.64. The molecule has 0 saturated carbocycles. The van der Waals surface area contributed by atoms with Crippen LogP contribution in [-0.4, -0.2) is 26.1 Å². The molecule has 142 valence electrons. The number of aryl methyl sites for hydroxylation is 1. The molecule has 0 radical (unpaired) electrons. The van der Waals surface area contributed by atoms with Gasteiger partial charge in [-0.15, -0.1) is 11.8 Å². The van der Waals surface area contributed by atoms with Crippen LogP contribution in [0.5, 0.6) is 5.75 Å². The molecule has 4 rings (SSSR count). The van der Waals surface area contributed by atoms with E-state index >= 15 is 0 Å². The summed E-state index contributed by atoms with van der Waals surface area (Å²) in [6, 6.07) is 15.0. The fourth-order valence-corrected chi connectivity index (χ4v) is 3.62. The van der Waals surface area contributed by atoms with Gasteiger partial charge in [-0.3, -0.25) is 4.79 Å². The van der Waals surface area contributed by atoms with Crippen molar-refractivity contribution < 1.29 is 9.63 Å². The number of hydrogen-bond donors (Lipinski definition) is 1. The van der Waals surface area contributed by atoms with Gasteiger partial charge in [-0.2, -0.15) is 4.98 Å². The summed E-state index contributed by atoms with van der Waals surface area (Å²) in [7, 11) is 0. The van der Waals surface area contributed by atoms with Crippen molar-refractivity contribution in [3.05, 3.63) is 58.9 Å². The standard InChI is InChI=1S/C21H19N3O3S/c1-3-12-24-16-7-5-4-6-15(16)18(25)17(21(24)26)20-22-19(23-27-20)13-8-10-14(28-2)11-9-13/h4-11,25H,3,12H2,1-2H3. The van der Waals surface area contributed by atoms with Gasteiger partial charge in [-0.05, 0) is 49.1 Å². The second-order valence-electron chi connectivity index (χ2n) is 6.35. The number of aromatic nitrogens is 3. The Bertz CT molecular complexity index is 1200. The average molecular weight is 393 g/mol. The molecule has 28 heavy (non-hydrogen) atoms. The molecular weight excluding hydrogens is 374 g/mol. The molecule has 0 fully saturated rings. The zero-order valence-electron chi connectivity index (χ0n) is 15.5. The summed E-state index contributed by atoms with van der Waals surface area (Å²) in [6.07, 6.45) is 2.79. The second-order valence-corrected chi connectivity index (χ2v) is 7.23. The molecular formula is C21H19N3O3S. The Hall–Kier alpha value is -3.06. The van der Waals surface area contributed by atoms with E-state index in [4.69, 9.17) is 4.52 Å². The van der Waals surface area contributed by atoms with E-state index in [1.54, 1.807) is 22.4 Å². The smallest absolute Gasteiger partial charge is 0.267 e. The van der Waals surface area contributed by atoms with Crippen LogP contribution in [0.2, 0.25) is 0 Å². The molecule has 2 heterocycles. The van der Waals surface area contributed by atoms with Gasteiger partial charge in [0.05, 0.1) is 5.52 Å². The van der Waals surface area contributed by atoms with Crippen molar-refractivity contribution in [2.75, 3.05) is 6.26 Å². The summed E-state index contributed by atoms with van der Waals surface area (Å²) in [5.74, 6) is 0.250. The largest absolute Gasteiger partial charge is 0.506 e. The van der Waals surface area contributed by atoms with Gasteiger partial charge in [0.15, 0.2) is 0 Å². The molecule has 4 aromatic rings. The van der Waals surface area contributed by atoms with Gasteiger partial charge in [-0.1, -0.05) is 24.2 Å². The number of rotatable bonds is 5. The molecule has 0 spiro atoms. The molecule has 6 nitrogen and oxygen atoms in total. The van der Waals surface area contributed by atoms with Gasteiger partial charge < -0.3 is 14.2 Å². The highest BCUT2D eigenvalue weighted by Crippen LogP contribution is 2.33. The Labute approximate surface area is 165 Å². The van der Waals surface area contributed by atoms with Crippen LogP contribution in [0.1, 0.15) is 13.3 Å². The summed E-state index contributed by atoms with van der Waals surface area (Å²) < 4.78 is 7.01. The van der Waals surface area contributed by atoms with Gasteiger partial charge in [0.25, 0.3) is 11.4 Å². The van der Waals surface area contributed by atoms with Crippen molar-refractivity contribution in [2.24, 2.45) is 0 Å². The van der Waals surface area contributed by atoms with E-state index in [1.165, 1.54) is 0 Å². The van der Waals surface area contributed by atoms with Crippen LogP contribution in [0.25, 0.3) is 33.7 Å². The minimum atomic E-state index is -0.342. The van der Waals surface area contributed by atoms with Crippen molar-refractivity contribution in [3.8, 4) is 28.6 Å². The number of benzene rings is 2. The fourth-order valence-electron chi connectivity index (χ4n) is 3.21. The molecule has 0 aliphatic heterocycles. The Balaban J connectivity index is 1.87. The molecule has 2 aromatic carbocycles. The Morgan fingerprint density at radius 1 is 1.14 bits per heavy atom. The molecule has 1 N–H and O–H groups in total.